The molecule has 1 aromatic carbocycles. The zero-order chi connectivity index (χ0) is 9.68. The first-order valence-electron chi connectivity index (χ1n) is 3.69. The molecule has 3 nitrogen and oxygen atoms in total. The van der Waals surface area contributed by atoms with Crippen LogP contribution in [0.3, 0.4) is 0 Å². The maximum Gasteiger partial charge on any atom is 0.235 e. The van der Waals surface area contributed by atoms with Gasteiger partial charge in [0.05, 0.1) is 4.92 Å². The minimum Gasteiger partial charge on any atom is -0.259 e. The summed E-state index contributed by atoms with van der Waals surface area (Å²) in [6.07, 6.45) is 2.35. The van der Waals surface area contributed by atoms with Gasteiger partial charge < -0.3 is 0 Å². The monoisotopic (exact) mass is 197 g/mol. The molecule has 0 amide bonds. The second-order valence-electron chi connectivity index (χ2n) is 2.48. The highest BCUT2D eigenvalue weighted by molar-refractivity contribution is 6.17. The number of nitrogens with zero attached hydrogens (tertiary/aromatic N) is 1. The van der Waals surface area contributed by atoms with Crippen molar-refractivity contribution in [2.75, 3.05) is 0 Å². The summed E-state index contributed by atoms with van der Waals surface area (Å²) < 4.78 is 0. The largest absolute Gasteiger partial charge is 0.259 e. The third kappa shape index (κ3) is 3.25. The van der Waals surface area contributed by atoms with Gasteiger partial charge in [-0.05, 0) is 11.1 Å². The number of hydrogen-bond acceptors (Lipinski definition) is 2. The lowest BCUT2D eigenvalue weighted by molar-refractivity contribution is -0.400. The zero-order valence-corrected chi connectivity index (χ0v) is 7.57. The first-order valence-corrected chi connectivity index (χ1v) is 4.22. The second-order valence-corrected chi connectivity index (χ2v) is 2.75. The van der Waals surface area contributed by atoms with Crippen LogP contribution in [0.15, 0.2) is 30.5 Å². The highest BCUT2D eigenvalue weighted by Gasteiger charge is 1.92. The summed E-state index contributed by atoms with van der Waals surface area (Å²) in [4.78, 5) is 9.53. The third-order valence-corrected chi connectivity index (χ3v) is 1.80. The summed E-state index contributed by atoms with van der Waals surface area (Å²) >= 11 is 5.60. The predicted molar refractivity (Wildman–Crippen MR) is 52.0 cm³/mol. The van der Waals surface area contributed by atoms with Crippen molar-refractivity contribution in [3.8, 4) is 0 Å². The van der Waals surface area contributed by atoms with Crippen molar-refractivity contribution >= 4 is 17.7 Å². The van der Waals surface area contributed by atoms with Crippen LogP contribution >= 0.6 is 11.6 Å². The van der Waals surface area contributed by atoms with Gasteiger partial charge in [-0.2, -0.15) is 0 Å². The summed E-state index contributed by atoms with van der Waals surface area (Å²) in [5.74, 6) is 0.417. The molecule has 0 aromatic heterocycles. The molecular formula is C9H8ClNO2. The smallest absolute Gasteiger partial charge is 0.235 e. The Labute approximate surface area is 80.8 Å². The Bertz CT molecular complexity index is 336. The summed E-state index contributed by atoms with van der Waals surface area (Å²) in [6, 6.07) is 7.29. The number of nitro groups is 1. The molecule has 0 saturated carbocycles. The van der Waals surface area contributed by atoms with E-state index in [4.69, 9.17) is 11.6 Å². The first-order chi connectivity index (χ1) is 6.22. The van der Waals surface area contributed by atoms with Crippen molar-refractivity contribution in [1.82, 2.24) is 0 Å². The van der Waals surface area contributed by atoms with Gasteiger partial charge in [-0.15, -0.1) is 11.6 Å². The maximum absolute atomic E-state index is 10.0. The molecule has 1 aromatic rings. The van der Waals surface area contributed by atoms with Gasteiger partial charge in [0.15, 0.2) is 0 Å². The zero-order valence-electron chi connectivity index (χ0n) is 6.81. The second kappa shape index (κ2) is 4.62. The topological polar surface area (TPSA) is 43.1 Å². The molecule has 0 aliphatic heterocycles. The van der Waals surface area contributed by atoms with Gasteiger partial charge in [0, 0.05) is 12.0 Å². The molecular weight excluding hydrogens is 190 g/mol. The Morgan fingerprint density at radius 1 is 1.54 bits per heavy atom. The van der Waals surface area contributed by atoms with E-state index in [1.807, 2.05) is 18.2 Å². The van der Waals surface area contributed by atoms with Crippen molar-refractivity contribution in [3.63, 3.8) is 0 Å². The molecule has 0 unspecified atom stereocenters. The Morgan fingerprint density at radius 3 is 2.92 bits per heavy atom. The Morgan fingerprint density at radius 2 is 2.31 bits per heavy atom. The van der Waals surface area contributed by atoms with E-state index < -0.39 is 4.92 Å². The number of benzene rings is 1. The van der Waals surface area contributed by atoms with Crippen LogP contribution in [-0.4, -0.2) is 4.92 Å². The van der Waals surface area contributed by atoms with E-state index in [1.165, 1.54) is 6.08 Å². The normalized spacial score (nSPS) is 10.5. The molecule has 0 saturated heterocycles. The van der Waals surface area contributed by atoms with Crippen molar-refractivity contribution in [1.29, 1.82) is 0 Å². The number of halogens is 1. The van der Waals surface area contributed by atoms with E-state index in [0.29, 0.717) is 5.88 Å². The lowest BCUT2D eigenvalue weighted by Crippen LogP contribution is -1.83. The Hall–Kier alpha value is -1.35. The summed E-state index contributed by atoms with van der Waals surface area (Å²) in [5.41, 5.74) is 1.74. The van der Waals surface area contributed by atoms with Crippen LogP contribution in [-0.2, 0) is 5.88 Å². The van der Waals surface area contributed by atoms with Crippen LogP contribution < -0.4 is 0 Å². The van der Waals surface area contributed by atoms with Crippen molar-refractivity contribution < 1.29 is 4.92 Å². The van der Waals surface area contributed by atoms with Gasteiger partial charge in [-0.3, -0.25) is 10.1 Å². The average Bonchev–Trinajstić information content (AvgIpc) is 2.15. The number of alkyl halides is 1. The van der Waals surface area contributed by atoms with E-state index >= 15 is 0 Å². The Balaban J connectivity index is 2.83. The predicted octanol–water partition coefficient (Wildman–Crippen LogP) is 2.67. The van der Waals surface area contributed by atoms with E-state index in [9.17, 15) is 10.1 Å². The molecule has 0 bridgehead atoms. The van der Waals surface area contributed by atoms with Crippen LogP contribution in [0.1, 0.15) is 11.1 Å². The van der Waals surface area contributed by atoms with Crippen molar-refractivity contribution in [2.24, 2.45) is 0 Å². The van der Waals surface area contributed by atoms with Crippen LogP contribution in [0, 0.1) is 10.1 Å². The molecule has 0 fully saturated rings. The van der Waals surface area contributed by atoms with Crippen LogP contribution in [0.4, 0.5) is 0 Å². The molecule has 4 heteroatoms. The van der Waals surface area contributed by atoms with Crippen LogP contribution in [0.25, 0.3) is 6.08 Å². The Kier molecular flexibility index (Phi) is 3.46. The molecule has 68 valence electrons. The standard InChI is InChI=1S/C9H8ClNO2/c10-7-9-3-1-2-8(6-9)4-5-11(12)13/h1-6H,7H2. The molecule has 0 N–H and O–H groups in total. The lowest BCUT2D eigenvalue weighted by Gasteiger charge is -1.95. The van der Waals surface area contributed by atoms with Crippen molar-refractivity contribution in [2.45, 2.75) is 5.88 Å². The fourth-order valence-corrected chi connectivity index (χ4v) is 1.09. The first kappa shape index (κ1) is 9.74. The van der Waals surface area contributed by atoms with Gasteiger partial charge in [0.2, 0.25) is 6.20 Å². The molecule has 0 atom stereocenters. The molecule has 13 heavy (non-hydrogen) atoms. The van der Waals surface area contributed by atoms with E-state index in [-0.39, 0.29) is 0 Å². The van der Waals surface area contributed by atoms with Gasteiger partial charge >= 0.3 is 0 Å². The fraction of sp³-hybridized carbons (Fsp3) is 0.111. The minimum atomic E-state index is -0.493. The SMILES string of the molecule is O=[N+]([O-])C=Cc1cccc(CCl)c1. The van der Waals surface area contributed by atoms with Gasteiger partial charge in [0.25, 0.3) is 0 Å². The lowest BCUT2D eigenvalue weighted by atomic mass is 10.1. The molecule has 0 spiro atoms. The van der Waals surface area contributed by atoms with E-state index in [2.05, 4.69) is 0 Å². The summed E-state index contributed by atoms with van der Waals surface area (Å²) in [5, 5.41) is 10.0. The van der Waals surface area contributed by atoms with Crippen molar-refractivity contribution in [3.05, 3.63) is 51.7 Å². The van der Waals surface area contributed by atoms with E-state index in [0.717, 1.165) is 17.3 Å². The molecule has 0 radical (unpaired) electrons. The fourth-order valence-electron chi connectivity index (χ4n) is 0.927. The van der Waals surface area contributed by atoms with Gasteiger partial charge in [0.1, 0.15) is 0 Å². The quantitative estimate of drug-likeness (QED) is 0.425. The molecule has 0 aliphatic carbocycles. The summed E-state index contributed by atoms with van der Waals surface area (Å²) in [7, 11) is 0. The van der Waals surface area contributed by atoms with Gasteiger partial charge in [-0.1, -0.05) is 24.3 Å². The molecule has 0 aliphatic rings. The van der Waals surface area contributed by atoms with Crippen LogP contribution in [0.5, 0.6) is 0 Å². The minimum absolute atomic E-state index is 0.417. The highest BCUT2D eigenvalue weighted by atomic mass is 35.5. The molecule has 0 heterocycles. The maximum atomic E-state index is 10.0. The summed E-state index contributed by atoms with van der Waals surface area (Å²) in [6.45, 7) is 0. The molecule has 1 rings (SSSR count). The number of hydrogen-bond donors (Lipinski definition) is 0. The number of rotatable bonds is 3. The van der Waals surface area contributed by atoms with Gasteiger partial charge in [-0.25, -0.2) is 0 Å². The highest BCUT2D eigenvalue weighted by Crippen LogP contribution is 2.08. The third-order valence-electron chi connectivity index (χ3n) is 1.49. The van der Waals surface area contributed by atoms with E-state index in [1.54, 1.807) is 6.07 Å². The average molecular weight is 198 g/mol. The van der Waals surface area contributed by atoms with Crippen LogP contribution in [0.2, 0.25) is 0 Å².